The number of imidazole rings is 2. The number of hydrogen-bond donors (Lipinski definition) is 0. The minimum Gasteiger partial charge on any atom is -0.351 e. The molecule has 142 valence electrons. The Hall–Kier alpha value is -2.23. The van der Waals surface area contributed by atoms with E-state index in [1.165, 1.54) is 28.2 Å². The molecular weight excluding hydrogens is 332 g/mol. The summed E-state index contributed by atoms with van der Waals surface area (Å²) in [6.07, 6.45) is 4.26. The molecule has 0 fully saturated rings. The lowest BCUT2D eigenvalue weighted by Crippen LogP contribution is -2.62. The van der Waals surface area contributed by atoms with Crippen molar-refractivity contribution in [1.29, 1.82) is 0 Å². The lowest BCUT2D eigenvalue weighted by atomic mass is 9.52. The third kappa shape index (κ3) is 1.57. The standard InChI is InChI=1S/C23H30N4/c1-14-10-9-11-16-17(14)27-15(2)18-19(24-20-25(8)12-13-26(18)20)23(27,7)22(5,6)21(16,3)4/h9-13,15H,1-8H3. The van der Waals surface area contributed by atoms with Crippen LogP contribution in [0.5, 0.6) is 0 Å². The van der Waals surface area contributed by atoms with Crippen LogP contribution in [0.3, 0.4) is 0 Å². The number of para-hydroxylation sites is 1. The highest BCUT2D eigenvalue weighted by Gasteiger charge is 2.65. The molecule has 2 aliphatic heterocycles. The summed E-state index contributed by atoms with van der Waals surface area (Å²) in [6.45, 7) is 16.7. The van der Waals surface area contributed by atoms with Crippen LogP contribution in [-0.2, 0) is 18.0 Å². The Balaban J connectivity index is 1.93. The smallest absolute Gasteiger partial charge is 0.214 e. The van der Waals surface area contributed by atoms with Crippen LogP contribution in [0.25, 0.3) is 5.78 Å². The lowest BCUT2D eigenvalue weighted by Gasteiger charge is -2.61. The second-order valence-electron chi connectivity index (χ2n) is 9.76. The number of nitrogens with zero attached hydrogens (tertiary/aromatic N) is 4. The maximum absolute atomic E-state index is 5.21. The van der Waals surface area contributed by atoms with E-state index in [2.05, 4.69) is 100.0 Å². The number of anilines is 1. The van der Waals surface area contributed by atoms with Crippen LogP contribution in [0.4, 0.5) is 5.69 Å². The number of aryl methyl sites for hydroxylation is 2. The Kier molecular flexibility index (Phi) is 2.88. The van der Waals surface area contributed by atoms with E-state index in [1.54, 1.807) is 0 Å². The molecule has 4 nitrogen and oxygen atoms in total. The van der Waals surface area contributed by atoms with Gasteiger partial charge in [-0.05, 0) is 37.3 Å². The van der Waals surface area contributed by atoms with Gasteiger partial charge in [-0.15, -0.1) is 0 Å². The molecule has 0 saturated carbocycles. The second-order valence-corrected chi connectivity index (χ2v) is 9.76. The van der Waals surface area contributed by atoms with E-state index in [0.29, 0.717) is 0 Å². The maximum atomic E-state index is 5.21. The van der Waals surface area contributed by atoms with Gasteiger partial charge in [-0.2, -0.15) is 0 Å². The van der Waals surface area contributed by atoms with Crippen LogP contribution < -0.4 is 4.90 Å². The Morgan fingerprint density at radius 3 is 2.44 bits per heavy atom. The molecule has 0 N–H and O–H groups in total. The molecular formula is C23H30N4. The first-order valence-corrected chi connectivity index (χ1v) is 9.98. The Bertz CT molecular complexity index is 1100. The Morgan fingerprint density at radius 2 is 1.74 bits per heavy atom. The summed E-state index contributed by atoms with van der Waals surface area (Å²) in [4.78, 5) is 7.87. The molecule has 0 bridgehead atoms. The fourth-order valence-corrected chi connectivity index (χ4v) is 5.89. The summed E-state index contributed by atoms with van der Waals surface area (Å²) in [5, 5.41) is 0. The second kappa shape index (κ2) is 4.60. The van der Waals surface area contributed by atoms with Gasteiger partial charge in [0.05, 0.1) is 23.0 Å². The van der Waals surface area contributed by atoms with Gasteiger partial charge >= 0.3 is 0 Å². The SMILES string of the molecule is Cc1cccc2c1N1C(C)c3c(nc4n(C)ccn34)C1(C)C(C)(C)C2(C)C. The average Bonchev–Trinajstić information content (AvgIpc) is 3.20. The largest absolute Gasteiger partial charge is 0.351 e. The first kappa shape index (κ1) is 16.9. The predicted octanol–water partition coefficient (Wildman–Crippen LogP) is 5.10. The zero-order valence-corrected chi connectivity index (χ0v) is 17.8. The van der Waals surface area contributed by atoms with Crippen LogP contribution in [0.15, 0.2) is 30.6 Å². The molecule has 2 aromatic heterocycles. The molecule has 0 aliphatic carbocycles. The quantitative estimate of drug-likeness (QED) is 0.556. The molecule has 0 amide bonds. The number of rotatable bonds is 0. The van der Waals surface area contributed by atoms with E-state index >= 15 is 0 Å². The molecule has 2 aliphatic rings. The molecule has 0 spiro atoms. The van der Waals surface area contributed by atoms with Gasteiger partial charge in [-0.1, -0.05) is 45.9 Å². The van der Waals surface area contributed by atoms with Crippen molar-refractivity contribution in [2.24, 2.45) is 12.5 Å². The minimum atomic E-state index is -0.170. The van der Waals surface area contributed by atoms with E-state index in [-0.39, 0.29) is 22.4 Å². The van der Waals surface area contributed by atoms with Crippen molar-refractivity contribution < 1.29 is 0 Å². The van der Waals surface area contributed by atoms with E-state index < -0.39 is 0 Å². The van der Waals surface area contributed by atoms with Gasteiger partial charge in [0, 0.05) is 30.5 Å². The van der Waals surface area contributed by atoms with E-state index in [9.17, 15) is 0 Å². The average molecular weight is 363 g/mol. The highest BCUT2D eigenvalue weighted by Crippen LogP contribution is 2.67. The monoisotopic (exact) mass is 362 g/mol. The van der Waals surface area contributed by atoms with E-state index in [1.807, 2.05) is 0 Å². The van der Waals surface area contributed by atoms with Gasteiger partial charge in [0.1, 0.15) is 0 Å². The first-order chi connectivity index (χ1) is 12.5. The number of fused-ring (bicyclic) bond motifs is 7. The zero-order valence-electron chi connectivity index (χ0n) is 17.8. The summed E-state index contributed by atoms with van der Waals surface area (Å²) in [5.74, 6) is 1.04. The normalized spacial score (nSPS) is 27.6. The van der Waals surface area contributed by atoms with Crippen molar-refractivity contribution in [2.45, 2.75) is 65.5 Å². The summed E-state index contributed by atoms with van der Waals surface area (Å²) >= 11 is 0. The Labute approximate surface area is 161 Å². The maximum Gasteiger partial charge on any atom is 0.214 e. The molecule has 27 heavy (non-hydrogen) atoms. The third-order valence-corrected chi connectivity index (χ3v) is 8.34. The molecule has 3 aromatic rings. The summed E-state index contributed by atoms with van der Waals surface area (Å²) in [5.41, 5.74) is 6.65. The highest BCUT2D eigenvalue weighted by molar-refractivity contribution is 5.72. The van der Waals surface area contributed by atoms with E-state index in [0.717, 1.165) is 5.78 Å². The lowest BCUT2D eigenvalue weighted by molar-refractivity contribution is 0.0627. The van der Waals surface area contributed by atoms with Gasteiger partial charge in [0.2, 0.25) is 5.78 Å². The topological polar surface area (TPSA) is 25.5 Å². The minimum absolute atomic E-state index is 0.00175. The van der Waals surface area contributed by atoms with Gasteiger partial charge in [-0.25, -0.2) is 4.98 Å². The molecule has 1 aromatic carbocycles. The van der Waals surface area contributed by atoms with Crippen molar-refractivity contribution >= 4 is 11.5 Å². The van der Waals surface area contributed by atoms with Crippen LogP contribution in [0.2, 0.25) is 0 Å². The van der Waals surface area contributed by atoms with Gasteiger partial charge in [0.25, 0.3) is 0 Å². The van der Waals surface area contributed by atoms with Crippen LogP contribution in [0, 0.1) is 12.3 Å². The van der Waals surface area contributed by atoms with Gasteiger partial charge < -0.3 is 9.47 Å². The number of hydrogen-bond acceptors (Lipinski definition) is 2. The fourth-order valence-electron chi connectivity index (χ4n) is 5.89. The molecule has 2 atom stereocenters. The van der Waals surface area contributed by atoms with Gasteiger partial charge in [0.15, 0.2) is 0 Å². The highest BCUT2D eigenvalue weighted by atomic mass is 15.3. The van der Waals surface area contributed by atoms with Gasteiger partial charge in [-0.3, -0.25) is 4.40 Å². The number of benzene rings is 1. The van der Waals surface area contributed by atoms with E-state index in [4.69, 9.17) is 4.98 Å². The summed E-state index contributed by atoms with van der Waals surface area (Å²) < 4.78 is 4.42. The molecule has 5 rings (SSSR count). The van der Waals surface area contributed by atoms with Crippen LogP contribution in [0.1, 0.15) is 70.1 Å². The zero-order chi connectivity index (χ0) is 19.5. The first-order valence-electron chi connectivity index (χ1n) is 9.98. The summed E-state index contributed by atoms with van der Waals surface area (Å²) in [7, 11) is 2.08. The Morgan fingerprint density at radius 1 is 1.04 bits per heavy atom. The molecule has 4 heteroatoms. The van der Waals surface area contributed by atoms with Crippen molar-refractivity contribution in [3.8, 4) is 0 Å². The van der Waals surface area contributed by atoms with Crippen molar-refractivity contribution in [3.05, 3.63) is 53.1 Å². The van der Waals surface area contributed by atoms with Crippen molar-refractivity contribution in [3.63, 3.8) is 0 Å². The van der Waals surface area contributed by atoms with Crippen LogP contribution in [-0.4, -0.2) is 14.0 Å². The molecule has 0 saturated heterocycles. The van der Waals surface area contributed by atoms with Crippen molar-refractivity contribution in [1.82, 2.24) is 14.0 Å². The van der Waals surface area contributed by atoms with Crippen LogP contribution >= 0.6 is 0 Å². The fraction of sp³-hybridized carbons (Fsp3) is 0.522. The molecule has 4 heterocycles. The summed E-state index contributed by atoms with van der Waals surface area (Å²) in [6, 6.07) is 7.07. The predicted molar refractivity (Wildman–Crippen MR) is 110 cm³/mol. The number of aromatic nitrogens is 3. The third-order valence-electron chi connectivity index (χ3n) is 8.34. The molecule has 2 unspecified atom stereocenters. The van der Waals surface area contributed by atoms with Crippen molar-refractivity contribution in [2.75, 3.05) is 4.90 Å². The molecule has 0 radical (unpaired) electrons.